The van der Waals surface area contributed by atoms with Crippen molar-refractivity contribution in [2.75, 3.05) is 6.61 Å². The largest absolute Gasteiger partial charge is 0.465 e. The molecule has 1 aromatic heterocycles. The third kappa shape index (κ3) is 4.20. The molecule has 0 radical (unpaired) electrons. The molecule has 3 saturated carbocycles. The number of rotatable bonds is 4. The molecule has 0 unspecified atom stereocenters. The maximum absolute atomic E-state index is 17.7. The minimum absolute atomic E-state index is 0.0134. The van der Waals surface area contributed by atoms with Crippen molar-refractivity contribution in [3.63, 3.8) is 0 Å². The second-order valence-electron chi connectivity index (χ2n) is 12.7. The topological polar surface area (TPSA) is 107 Å². The lowest BCUT2D eigenvalue weighted by molar-refractivity contribution is -0.221. The number of ether oxygens (including phenoxy) is 2. The summed E-state index contributed by atoms with van der Waals surface area (Å²) in [6, 6.07) is 1.33. The number of thiophene rings is 1. The molecule has 0 amide bonds. The molecule has 13 heteroatoms. The van der Waals surface area contributed by atoms with Gasteiger partial charge in [0.2, 0.25) is 5.12 Å². The van der Waals surface area contributed by atoms with Crippen LogP contribution in [0.2, 0.25) is 8.67 Å². The summed E-state index contributed by atoms with van der Waals surface area (Å²) in [6.45, 7) is 5.01. The summed E-state index contributed by atoms with van der Waals surface area (Å²) in [4.78, 5) is 52.7. The van der Waals surface area contributed by atoms with Gasteiger partial charge in [0.1, 0.15) is 15.8 Å². The Morgan fingerprint density at radius 3 is 2.56 bits per heavy atom. The van der Waals surface area contributed by atoms with Gasteiger partial charge in [-0.15, -0.1) is 11.3 Å². The summed E-state index contributed by atoms with van der Waals surface area (Å²) in [6.07, 6.45) is 0.101. The predicted octanol–water partition coefficient (Wildman–Crippen LogP) is 6.09. The van der Waals surface area contributed by atoms with E-state index in [1.54, 1.807) is 13.8 Å². The van der Waals surface area contributed by atoms with Crippen molar-refractivity contribution < 1.29 is 42.5 Å². The molecule has 5 aliphatic rings. The van der Waals surface area contributed by atoms with Gasteiger partial charge in [-0.2, -0.15) is 0 Å². The van der Waals surface area contributed by atoms with Crippen molar-refractivity contribution in [1.82, 2.24) is 0 Å². The number of ketones is 1. The number of fused-ring (bicyclic) bond motifs is 5. The molecule has 4 fully saturated rings. The van der Waals surface area contributed by atoms with Crippen LogP contribution >= 0.6 is 46.3 Å². The number of hydrogen-bond acceptors (Lipinski definition) is 9. The first kappa shape index (κ1) is 31.2. The third-order valence-corrected chi connectivity index (χ3v) is 13.5. The number of carbonyl (C=O) groups is 4. The van der Waals surface area contributed by atoms with Crippen LogP contribution in [0.15, 0.2) is 29.9 Å². The molecule has 1 aliphatic heterocycles. The highest BCUT2D eigenvalue weighted by molar-refractivity contribution is 8.14. The van der Waals surface area contributed by atoms with E-state index < -0.39 is 80.2 Å². The average molecular weight is 676 g/mol. The number of aliphatic hydroxyl groups is 1. The first-order valence-corrected chi connectivity index (χ1v) is 16.6. The number of aliphatic hydroxyl groups excluding tert-OH is 1. The fourth-order valence-corrected chi connectivity index (χ4v) is 11.4. The van der Waals surface area contributed by atoms with Crippen LogP contribution in [-0.2, 0) is 23.9 Å². The number of thioether (sulfide) groups is 1. The second-order valence-corrected chi connectivity index (χ2v) is 16.2. The number of carbonyl (C=O) groups excluding carboxylic acids is 4. The van der Waals surface area contributed by atoms with Crippen LogP contribution in [0.3, 0.4) is 0 Å². The number of esters is 2. The summed E-state index contributed by atoms with van der Waals surface area (Å²) in [5.74, 6) is -4.45. The van der Waals surface area contributed by atoms with Crippen LogP contribution < -0.4 is 0 Å². The third-order valence-electron chi connectivity index (χ3n) is 10.7. The summed E-state index contributed by atoms with van der Waals surface area (Å²) < 4.78 is 45.1. The summed E-state index contributed by atoms with van der Waals surface area (Å²) >= 11 is 14.0. The van der Waals surface area contributed by atoms with Crippen LogP contribution in [-0.4, -0.2) is 63.3 Å². The maximum Gasteiger partial charge on any atom is 0.341 e. The highest BCUT2D eigenvalue weighted by atomic mass is 35.5. The number of allylic oxidation sites excluding steroid dienone is 4. The van der Waals surface area contributed by atoms with Crippen LogP contribution in [0.4, 0.5) is 8.78 Å². The Balaban J connectivity index is 1.47. The molecule has 0 aromatic carbocycles. The van der Waals surface area contributed by atoms with E-state index in [4.69, 9.17) is 32.7 Å². The molecule has 4 aliphatic carbocycles. The molecule has 43 heavy (non-hydrogen) atoms. The molecule has 232 valence electrons. The van der Waals surface area contributed by atoms with Gasteiger partial charge in [-0.3, -0.25) is 14.4 Å². The monoisotopic (exact) mass is 674 g/mol. The molecule has 2 heterocycles. The van der Waals surface area contributed by atoms with E-state index in [0.717, 1.165) is 17.4 Å². The van der Waals surface area contributed by atoms with Gasteiger partial charge in [-0.1, -0.05) is 54.9 Å². The second kappa shape index (κ2) is 10.4. The molecule has 0 spiro atoms. The van der Waals surface area contributed by atoms with Crippen LogP contribution in [0, 0.1) is 28.6 Å². The predicted molar refractivity (Wildman–Crippen MR) is 158 cm³/mol. The van der Waals surface area contributed by atoms with Gasteiger partial charge in [-0.05, 0) is 55.9 Å². The van der Waals surface area contributed by atoms with Gasteiger partial charge in [0.25, 0.3) is 0 Å². The van der Waals surface area contributed by atoms with Gasteiger partial charge >= 0.3 is 11.9 Å². The molecule has 1 N–H and O–H groups in total. The van der Waals surface area contributed by atoms with Gasteiger partial charge in [0.05, 0.1) is 22.6 Å². The normalized spacial score (nSPS) is 43.4. The lowest BCUT2D eigenvalue weighted by Gasteiger charge is -2.63. The van der Waals surface area contributed by atoms with Crippen molar-refractivity contribution in [1.29, 1.82) is 0 Å². The van der Waals surface area contributed by atoms with Crippen molar-refractivity contribution in [2.24, 2.45) is 28.6 Å². The van der Waals surface area contributed by atoms with Crippen LogP contribution in [0.25, 0.3) is 0 Å². The minimum atomic E-state index is -2.38. The fourth-order valence-electron chi connectivity index (χ4n) is 8.70. The lowest BCUT2D eigenvalue weighted by Crippen LogP contribution is -2.70. The highest BCUT2D eigenvalue weighted by Crippen LogP contribution is 2.72. The van der Waals surface area contributed by atoms with E-state index in [1.807, 2.05) is 0 Å². The van der Waals surface area contributed by atoms with E-state index >= 15 is 8.78 Å². The van der Waals surface area contributed by atoms with E-state index in [1.165, 1.54) is 25.1 Å². The van der Waals surface area contributed by atoms with Gasteiger partial charge < -0.3 is 14.6 Å². The Bertz CT molecular complexity index is 1500. The minimum Gasteiger partial charge on any atom is -0.465 e. The number of alkyl halides is 2. The van der Waals surface area contributed by atoms with E-state index in [-0.39, 0.29) is 52.1 Å². The number of hydrogen-bond donors (Lipinski definition) is 1. The first-order valence-electron chi connectivity index (χ1n) is 14.1. The standard InChI is InChI=1S/C30H30Cl2F2O7S2/c1-13-8-16-17-11-19(33)18-9-14(35)4-6-27(18,2)29(17,34)21(36)12-28(16,3)30(13,26(39)42-20-5-7-40-25(20)38)41-24(37)15-10-22(31)43-23(15)32/h4,6,9-10,13,16-17,19-21,36H,5,7-8,11-12H2,1-3H3/t13-,16+,17+,19+,20+,21+,27+,28+,29+,30+/m1/s1. The molecule has 7 nitrogen and oxygen atoms in total. The van der Waals surface area contributed by atoms with E-state index in [0.29, 0.717) is 11.8 Å². The summed E-state index contributed by atoms with van der Waals surface area (Å²) in [5.41, 5.74) is -7.36. The molecule has 1 aromatic rings. The van der Waals surface area contributed by atoms with Crippen molar-refractivity contribution in [3.05, 3.63) is 44.1 Å². The Kier molecular flexibility index (Phi) is 7.53. The van der Waals surface area contributed by atoms with Gasteiger partial charge in [0, 0.05) is 29.1 Å². The van der Waals surface area contributed by atoms with Crippen molar-refractivity contribution in [2.45, 2.75) is 75.2 Å². The molecular weight excluding hydrogens is 645 g/mol. The quantitative estimate of drug-likeness (QED) is 0.383. The zero-order valence-electron chi connectivity index (χ0n) is 23.5. The van der Waals surface area contributed by atoms with Gasteiger partial charge in [0.15, 0.2) is 17.1 Å². The fraction of sp³-hybridized carbons (Fsp3) is 0.600. The first-order chi connectivity index (χ1) is 20.1. The van der Waals surface area contributed by atoms with Crippen molar-refractivity contribution >= 4 is 69.1 Å². The van der Waals surface area contributed by atoms with Crippen LogP contribution in [0.1, 0.15) is 56.8 Å². The number of cyclic esters (lactones) is 1. The average Bonchev–Trinajstić information content (AvgIpc) is 3.56. The van der Waals surface area contributed by atoms with Gasteiger partial charge in [-0.25, -0.2) is 13.6 Å². The zero-order chi connectivity index (χ0) is 31.3. The smallest absolute Gasteiger partial charge is 0.341 e. The van der Waals surface area contributed by atoms with E-state index in [2.05, 4.69) is 0 Å². The Hall–Kier alpha value is -1.79. The molecule has 10 atom stereocenters. The zero-order valence-corrected chi connectivity index (χ0v) is 26.7. The van der Waals surface area contributed by atoms with E-state index in [9.17, 15) is 24.3 Å². The number of halogens is 4. The maximum atomic E-state index is 17.7. The van der Waals surface area contributed by atoms with Crippen LogP contribution in [0.5, 0.6) is 0 Å². The summed E-state index contributed by atoms with van der Waals surface area (Å²) in [7, 11) is 0. The Morgan fingerprint density at radius 1 is 1.21 bits per heavy atom. The molecule has 6 rings (SSSR count). The lowest BCUT2D eigenvalue weighted by atomic mass is 9.44. The molecule has 0 bridgehead atoms. The summed E-state index contributed by atoms with van der Waals surface area (Å²) in [5, 5.41) is 10.3. The molecule has 1 saturated heterocycles. The SMILES string of the molecule is C[C@@H]1C[C@H]2[C@@H]3C[C@H](F)C4=CC(=O)C=C[C@]4(C)[C@@]3(F)[C@@H](O)C[C@]2(C)[C@@]1(OC(=O)c1cc(Cl)sc1Cl)C(=O)S[C@H]1CCOC1=O. The molecular formula is C30H30Cl2F2O7S2. The Morgan fingerprint density at radius 2 is 1.93 bits per heavy atom. The van der Waals surface area contributed by atoms with Crippen molar-refractivity contribution in [3.8, 4) is 0 Å². The Labute approximate surface area is 265 Å². The highest BCUT2D eigenvalue weighted by Gasteiger charge is 2.78.